The van der Waals surface area contributed by atoms with Gasteiger partial charge in [0.1, 0.15) is 10.8 Å². The minimum Gasteiger partial charge on any atom is -0.389 e. The molecule has 19 heavy (non-hydrogen) atoms. The molecule has 1 aromatic carbocycles. The molecule has 5 nitrogen and oxygen atoms in total. The number of hydrogen-bond acceptors (Lipinski definition) is 3. The lowest BCUT2D eigenvalue weighted by Crippen LogP contribution is -2.18. The van der Waals surface area contributed by atoms with Crippen molar-refractivity contribution in [3.63, 3.8) is 0 Å². The minimum atomic E-state index is -0.225. The van der Waals surface area contributed by atoms with Gasteiger partial charge in [0.25, 0.3) is 5.91 Å². The highest BCUT2D eigenvalue weighted by molar-refractivity contribution is 14.1. The summed E-state index contributed by atoms with van der Waals surface area (Å²) in [5.41, 5.74) is 6.71. The highest BCUT2D eigenvalue weighted by Gasteiger charge is 2.14. The summed E-state index contributed by atoms with van der Waals surface area (Å²) in [5, 5.41) is 6.80. The number of halogens is 1. The van der Waals surface area contributed by atoms with Crippen LogP contribution in [-0.4, -0.2) is 20.7 Å². The predicted octanol–water partition coefficient (Wildman–Crippen LogP) is 1.91. The first-order chi connectivity index (χ1) is 8.99. The quantitative estimate of drug-likeness (QED) is 0.625. The Labute approximate surface area is 129 Å². The van der Waals surface area contributed by atoms with Gasteiger partial charge in [-0.15, -0.1) is 0 Å². The molecule has 0 bridgehead atoms. The number of nitrogens with two attached hydrogens (primary N) is 1. The number of aromatic nitrogens is 2. The van der Waals surface area contributed by atoms with Crippen LogP contribution in [0.5, 0.6) is 0 Å². The monoisotopic (exact) mass is 386 g/mol. The highest BCUT2D eigenvalue weighted by Crippen LogP contribution is 2.15. The van der Waals surface area contributed by atoms with Crippen LogP contribution in [0.3, 0.4) is 0 Å². The molecule has 7 heteroatoms. The molecule has 3 N–H and O–H groups in total. The van der Waals surface area contributed by atoms with Crippen molar-refractivity contribution < 1.29 is 4.79 Å². The van der Waals surface area contributed by atoms with Crippen LogP contribution in [0.1, 0.15) is 15.9 Å². The fourth-order valence-electron chi connectivity index (χ4n) is 1.55. The van der Waals surface area contributed by atoms with Crippen LogP contribution in [0, 0.1) is 3.57 Å². The lowest BCUT2D eigenvalue weighted by molar-refractivity contribution is 0.102. The predicted molar refractivity (Wildman–Crippen MR) is 86.2 cm³/mol. The Kier molecular flexibility index (Phi) is 4.15. The molecule has 2 rings (SSSR count). The Morgan fingerprint density at radius 3 is 2.63 bits per heavy atom. The van der Waals surface area contributed by atoms with Gasteiger partial charge in [-0.2, -0.15) is 5.10 Å². The van der Waals surface area contributed by atoms with E-state index in [-0.39, 0.29) is 10.9 Å². The topological polar surface area (TPSA) is 72.9 Å². The number of benzene rings is 1. The third kappa shape index (κ3) is 3.10. The maximum atomic E-state index is 12.1. The van der Waals surface area contributed by atoms with Crippen LogP contribution in [0.25, 0.3) is 0 Å². The van der Waals surface area contributed by atoms with E-state index in [4.69, 9.17) is 18.0 Å². The van der Waals surface area contributed by atoms with Crippen LogP contribution < -0.4 is 11.1 Å². The molecule has 0 saturated carbocycles. The van der Waals surface area contributed by atoms with Gasteiger partial charge in [-0.25, -0.2) is 0 Å². The van der Waals surface area contributed by atoms with Crippen LogP contribution >= 0.6 is 34.8 Å². The van der Waals surface area contributed by atoms with E-state index in [0.29, 0.717) is 16.9 Å². The summed E-state index contributed by atoms with van der Waals surface area (Å²) in [6.45, 7) is 0. The number of thiocarbonyl (C=S) groups is 1. The van der Waals surface area contributed by atoms with E-state index in [9.17, 15) is 4.79 Å². The van der Waals surface area contributed by atoms with Crippen molar-refractivity contribution in [2.75, 3.05) is 5.32 Å². The van der Waals surface area contributed by atoms with Crippen LogP contribution in [0.2, 0.25) is 0 Å². The van der Waals surface area contributed by atoms with Crippen molar-refractivity contribution in [3.8, 4) is 0 Å². The molecule has 0 radical (unpaired) electrons. The molecule has 0 aliphatic rings. The van der Waals surface area contributed by atoms with Crippen LogP contribution in [0.4, 0.5) is 5.82 Å². The second-order valence-electron chi connectivity index (χ2n) is 3.86. The van der Waals surface area contributed by atoms with Crippen molar-refractivity contribution >= 4 is 51.5 Å². The molecule has 0 unspecified atom stereocenters. The average molecular weight is 386 g/mol. The van der Waals surface area contributed by atoms with E-state index in [2.05, 4.69) is 33.0 Å². The molecule has 0 spiro atoms. The molecule has 1 heterocycles. The molecule has 2 aromatic rings. The molecule has 0 saturated heterocycles. The van der Waals surface area contributed by atoms with Crippen molar-refractivity contribution in [2.24, 2.45) is 12.8 Å². The largest absolute Gasteiger partial charge is 0.389 e. The van der Waals surface area contributed by atoms with Gasteiger partial charge in [0.2, 0.25) is 0 Å². The highest BCUT2D eigenvalue weighted by atomic mass is 127. The zero-order chi connectivity index (χ0) is 14.0. The summed E-state index contributed by atoms with van der Waals surface area (Å²) < 4.78 is 2.59. The zero-order valence-electron chi connectivity index (χ0n) is 10.1. The Bertz CT molecular complexity index is 636. The van der Waals surface area contributed by atoms with Gasteiger partial charge in [0.15, 0.2) is 0 Å². The molecule has 98 valence electrons. The Morgan fingerprint density at radius 1 is 1.42 bits per heavy atom. The molecular weight excluding hydrogens is 375 g/mol. The van der Waals surface area contributed by atoms with Gasteiger partial charge in [0, 0.05) is 16.2 Å². The first kappa shape index (κ1) is 13.9. The number of amides is 1. The van der Waals surface area contributed by atoms with E-state index < -0.39 is 0 Å². The van der Waals surface area contributed by atoms with E-state index in [1.165, 1.54) is 10.9 Å². The molecule has 0 atom stereocenters. The molecule has 1 amide bonds. The molecular formula is C12H11IN4OS. The molecule has 1 aromatic heterocycles. The minimum absolute atomic E-state index is 0.200. The zero-order valence-corrected chi connectivity index (χ0v) is 13.0. The standard InChI is InChI=1S/C12H11IN4OS/c1-17-11(9(6-15-17)10(14)19)16-12(18)7-2-4-8(13)5-3-7/h2-6H,1H3,(H2,14,19)(H,16,18). The van der Waals surface area contributed by atoms with Gasteiger partial charge in [-0.3, -0.25) is 9.48 Å². The first-order valence-corrected chi connectivity index (χ1v) is 6.86. The second kappa shape index (κ2) is 5.66. The summed E-state index contributed by atoms with van der Waals surface area (Å²) in [4.78, 5) is 12.3. The smallest absolute Gasteiger partial charge is 0.256 e. The van der Waals surface area contributed by atoms with Gasteiger partial charge in [-0.05, 0) is 46.9 Å². The lowest BCUT2D eigenvalue weighted by atomic mass is 10.2. The molecule has 0 aliphatic heterocycles. The molecule has 0 aliphatic carbocycles. The number of aryl methyl sites for hydroxylation is 1. The van der Waals surface area contributed by atoms with E-state index in [1.54, 1.807) is 19.2 Å². The Hall–Kier alpha value is -1.48. The summed E-state index contributed by atoms with van der Waals surface area (Å²) in [7, 11) is 1.71. The number of hydrogen-bond donors (Lipinski definition) is 2. The summed E-state index contributed by atoms with van der Waals surface area (Å²) in [6.07, 6.45) is 1.53. The number of carbonyl (C=O) groups excluding carboxylic acids is 1. The first-order valence-electron chi connectivity index (χ1n) is 5.37. The van der Waals surface area contributed by atoms with Gasteiger partial charge in [-0.1, -0.05) is 12.2 Å². The number of rotatable bonds is 3. The van der Waals surface area contributed by atoms with Crippen molar-refractivity contribution in [1.29, 1.82) is 0 Å². The van der Waals surface area contributed by atoms with Crippen molar-refractivity contribution in [1.82, 2.24) is 9.78 Å². The van der Waals surface area contributed by atoms with E-state index in [0.717, 1.165) is 3.57 Å². The maximum Gasteiger partial charge on any atom is 0.256 e. The van der Waals surface area contributed by atoms with E-state index in [1.807, 2.05) is 12.1 Å². The number of anilines is 1. The van der Waals surface area contributed by atoms with Crippen LogP contribution in [0.15, 0.2) is 30.5 Å². The normalized spacial score (nSPS) is 10.2. The SMILES string of the molecule is Cn1ncc(C(N)=S)c1NC(=O)c1ccc(I)cc1. The fourth-order valence-corrected chi connectivity index (χ4v) is 2.06. The van der Waals surface area contributed by atoms with Crippen molar-refractivity contribution in [2.45, 2.75) is 0 Å². The summed E-state index contributed by atoms with van der Waals surface area (Å²) in [6, 6.07) is 7.25. The van der Waals surface area contributed by atoms with Gasteiger partial charge < -0.3 is 11.1 Å². The third-order valence-corrected chi connectivity index (χ3v) is 3.48. The van der Waals surface area contributed by atoms with Crippen molar-refractivity contribution in [3.05, 3.63) is 45.2 Å². The summed E-state index contributed by atoms with van der Waals surface area (Å²) >= 11 is 7.10. The second-order valence-corrected chi connectivity index (χ2v) is 5.54. The fraction of sp³-hybridized carbons (Fsp3) is 0.0833. The lowest BCUT2D eigenvalue weighted by Gasteiger charge is -2.08. The Balaban J connectivity index is 2.26. The number of nitrogens with zero attached hydrogens (tertiary/aromatic N) is 2. The Morgan fingerprint density at radius 2 is 2.05 bits per heavy atom. The maximum absolute atomic E-state index is 12.1. The number of carbonyl (C=O) groups is 1. The average Bonchev–Trinajstić information content (AvgIpc) is 2.72. The third-order valence-electron chi connectivity index (χ3n) is 2.54. The van der Waals surface area contributed by atoms with E-state index >= 15 is 0 Å². The summed E-state index contributed by atoms with van der Waals surface area (Å²) in [5.74, 6) is 0.272. The molecule has 0 fully saturated rings. The number of nitrogens with one attached hydrogen (secondary N) is 1. The van der Waals surface area contributed by atoms with Gasteiger partial charge >= 0.3 is 0 Å². The van der Waals surface area contributed by atoms with Crippen LogP contribution in [-0.2, 0) is 7.05 Å². The van der Waals surface area contributed by atoms with Gasteiger partial charge in [0.05, 0.1) is 11.8 Å².